The number of nitrogens with zero attached hydrogens (tertiary/aromatic N) is 4. The SMILES string of the molecule is CCC(C)Nc1nncc(N2CCOCC2)n1. The summed E-state index contributed by atoms with van der Waals surface area (Å²) in [5.74, 6) is 1.47. The first kappa shape index (κ1) is 12.0. The highest BCUT2D eigenvalue weighted by atomic mass is 16.5. The van der Waals surface area contributed by atoms with Gasteiger partial charge in [-0.2, -0.15) is 10.1 Å². The summed E-state index contributed by atoms with van der Waals surface area (Å²) in [4.78, 5) is 6.64. The Morgan fingerprint density at radius 2 is 2.24 bits per heavy atom. The average molecular weight is 237 g/mol. The zero-order chi connectivity index (χ0) is 12.1. The smallest absolute Gasteiger partial charge is 0.244 e. The zero-order valence-electron chi connectivity index (χ0n) is 10.4. The number of rotatable bonds is 4. The predicted molar refractivity (Wildman–Crippen MR) is 66.2 cm³/mol. The minimum atomic E-state index is 0.358. The molecule has 94 valence electrons. The fourth-order valence-corrected chi connectivity index (χ4v) is 1.62. The Hall–Kier alpha value is -1.43. The fraction of sp³-hybridized carbons (Fsp3) is 0.727. The Morgan fingerprint density at radius 3 is 2.94 bits per heavy atom. The van der Waals surface area contributed by atoms with Crippen molar-refractivity contribution >= 4 is 11.8 Å². The third-order valence-electron chi connectivity index (χ3n) is 2.87. The minimum Gasteiger partial charge on any atom is -0.378 e. The third-order valence-corrected chi connectivity index (χ3v) is 2.87. The van der Waals surface area contributed by atoms with Crippen molar-refractivity contribution in [2.45, 2.75) is 26.3 Å². The maximum Gasteiger partial charge on any atom is 0.244 e. The minimum absolute atomic E-state index is 0.358. The van der Waals surface area contributed by atoms with E-state index in [1.165, 1.54) is 0 Å². The van der Waals surface area contributed by atoms with E-state index in [0.717, 1.165) is 38.5 Å². The molecular weight excluding hydrogens is 218 g/mol. The standard InChI is InChI=1S/C11H19N5O/c1-3-9(2)13-11-14-10(8-12-15-11)16-4-6-17-7-5-16/h8-9H,3-7H2,1-2H3,(H,13,14,15). The molecule has 0 amide bonds. The summed E-state index contributed by atoms with van der Waals surface area (Å²) in [6, 6.07) is 0.358. The Labute approximate surface area is 101 Å². The van der Waals surface area contributed by atoms with Crippen LogP contribution in [0.3, 0.4) is 0 Å². The monoisotopic (exact) mass is 237 g/mol. The average Bonchev–Trinajstić information content (AvgIpc) is 2.40. The highest BCUT2D eigenvalue weighted by Gasteiger charge is 2.13. The molecule has 0 saturated carbocycles. The van der Waals surface area contributed by atoms with E-state index in [4.69, 9.17) is 4.74 Å². The molecule has 17 heavy (non-hydrogen) atoms. The number of morpholine rings is 1. The van der Waals surface area contributed by atoms with Crippen LogP contribution < -0.4 is 10.2 Å². The lowest BCUT2D eigenvalue weighted by atomic mass is 10.3. The van der Waals surface area contributed by atoms with Gasteiger partial charge >= 0.3 is 0 Å². The van der Waals surface area contributed by atoms with Crippen molar-refractivity contribution in [3.05, 3.63) is 6.20 Å². The van der Waals surface area contributed by atoms with Crippen LogP contribution in [0.1, 0.15) is 20.3 Å². The molecule has 1 atom stereocenters. The molecule has 0 bridgehead atoms. The summed E-state index contributed by atoms with van der Waals surface area (Å²) in [5.41, 5.74) is 0. The lowest BCUT2D eigenvalue weighted by molar-refractivity contribution is 0.122. The van der Waals surface area contributed by atoms with Crippen molar-refractivity contribution in [1.82, 2.24) is 15.2 Å². The lowest BCUT2D eigenvalue weighted by Gasteiger charge is -2.27. The van der Waals surface area contributed by atoms with Crippen LogP contribution in [0, 0.1) is 0 Å². The van der Waals surface area contributed by atoms with Crippen LogP contribution in [0.2, 0.25) is 0 Å². The van der Waals surface area contributed by atoms with Gasteiger partial charge in [-0.15, -0.1) is 5.10 Å². The molecule has 1 aliphatic rings. The van der Waals surface area contributed by atoms with Crippen molar-refractivity contribution in [3.8, 4) is 0 Å². The Bertz CT molecular complexity index is 353. The van der Waals surface area contributed by atoms with Crippen LogP contribution in [-0.2, 0) is 4.74 Å². The van der Waals surface area contributed by atoms with E-state index in [0.29, 0.717) is 12.0 Å². The van der Waals surface area contributed by atoms with Gasteiger partial charge in [0.1, 0.15) is 0 Å². The molecule has 1 unspecified atom stereocenters. The topological polar surface area (TPSA) is 63.2 Å². The number of hydrogen-bond donors (Lipinski definition) is 1. The number of anilines is 2. The van der Waals surface area contributed by atoms with Crippen LogP contribution in [0.15, 0.2) is 6.20 Å². The van der Waals surface area contributed by atoms with Crippen molar-refractivity contribution < 1.29 is 4.74 Å². The molecule has 1 saturated heterocycles. The first-order valence-corrected chi connectivity index (χ1v) is 6.08. The molecule has 1 fully saturated rings. The maximum absolute atomic E-state index is 5.31. The summed E-state index contributed by atoms with van der Waals surface area (Å²) >= 11 is 0. The molecule has 1 aromatic rings. The van der Waals surface area contributed by atoms with Gasteiger partial charge in [0.2, 0.25) is 5.95 Å². The van der Waals surface area contributed by atoms with Gasteiger partial charge in [0.05, 0.1) is 19.4 Å². The Morgan fingerprint density at radius 1 is 1.47 bits per heavy atom. The third kappa shape index (κ3) is 3.26. The molecule has 2 heterocycles. The van der Waals surface area contributed by atoms with Gasteiger partial charge in [-0.3, -0.25) is 0 Å². The molecule has 0 aliphatic carbocycles. The first-order valence-electron chi connectivity index (χ1n) is 6.08. The molecule has 6 heteroatoms. The molecule has 2 rings (SSSR count). The summed E-state index contributed by atoms with van der Waals surface area (Å²) in [6.45, 7) is 7.45. The molecule has 6 nitrogen and oxygen atoms in total. The van der Waals surface area contributed by atoms with Gasteiger partial charge in [-0.25, -0.2) is 0 Å². The van der Waals surface area contributed by atoms with Crippen molar-refractivity contribution in [2.24, 2.45) is 0 Å². The second kappa shape index (κ2) is 5.77. The normalized spacial score (nSPS) is 17.9. The van der Waals surface area contributed by atoms with Crippen LogP contribution in [0.4, 0.5) is 11.8 Å². The molecule has 1 N–H and O–H groups in total. The van der Waals surface area contributed by atoms with Crippen LogP contribution in [-0.4, -0.2) is 47.5 Å². The van der Waals surface area contributed by atoms with Gasteiger partial charge < -0.3 is 15.0 Å². The molecular formula is C11H19N5O. The summed E-state index contributed by atoms with van der Waals surface area (Å²) in [7, 11) is 0. The van der Waals surface area contributed by atoms with Crippen LogP contribution in [0.5, 0.6) is 0 Å². The molecule has 0 spiro atoms. The van der Waals surface area contributed by atoms with E-state index in [-0.39, 0.29) is 0 Å². The van der Waals surface area contributed by atoms with Gasteiger partial charge in [-0.05, 0) is 13.3 Å². The molecule has 1 aromatic heterocycles. The van der Waals surface area contributed by atoms with Crippen LogP contribution in [0.25, 0.3) is 0 Å². The molecule has 1 aliphatic heterocycles. The van der Waals surface area contributed by atoms with E-state index in [2.05, 4.69) is 39.2 Å². The van der Waals surface area contributed by atoms with Crippen molar-refractivity contribution in [1.29, 1.82) is 0 Å². The fourth-order valence-electron chi connectivity index (χ4n) is 1.62. The number of ether oxygens (including phenoxy) is 1. The second-order valence-corrected chi connectivity index (χ2v) is 4.19. The maximum atomic E-state index is 5.31. The van der Waals surface area contributed by atoms with Crippen molar-refractivity contribution in [3.63, 3.8) is 0 Å². The van der Waals surface area contributed by atoms with E-state index in [9.17, 15) is 0 Å². The highest BCUT2D eigenvalue weighted by molar-refractivity contribution is 5.40. The number of nitrogens with one attached hydrogen (secondary N) is 1. The number of aromatic nitrogens is 3. The summed E-state index contributed by atoms with van der Waals surface area (Å²) in [5, 5.41) is 11.2. The summed E-state index contributed by atoms with van der Waals surface area (Å²) in [6.07, 6.45) is 2.73. The zero-order valence-corrected chi connectivity index (χ0v) is 10.4. The Balaban J connectivity index is 2.05. The van der Waals surface area contributed by atoms with E-state index >= 15 is 0 Å². The highest BCUT2D eigenvalue weighted by Crippen LogP contribution is 2.12. The van der Waals surface area contributed by atoms with Gasteiger partial charge in [0.25, 0.3) is 0 Å². The second-order valence-electron chi connectivity index (χ2n) is 4.19. The van der Waals surface area contributed by atoms with E-state index in [1.54, 1.807) is 6.20 Å². The Kier molecular flexibility index (Phi) is 4.08. The van der Waals surface area contributed by atoms with Gasteiger partial charge in [0.15, 0.2) is 5.82 Å². The van der Waals surface area contributed by atoms with Gasteiger partial charge in [-0.1, -0.05) is 6.92 Å². The summed E-state index contributed by atoms with van der Waals surface area (Å²) < 4.78 is 5.31. The molecule has 0 aromatic carbocycles. The quantitative estimate of drug-likeness (QED) is 0.840. The van der Waals surface area contributed by atoms with Crippen LogP contribution >= 0.6 is 0 Å². The van der Waals surface area contributed by atoms with Crippen molar-refractivity contribution in [2.75, 3.05) is 36.5 Å². The van der Waals surface area contributed by atoms with Gasteiger partial charge in [0, 0.05) is 19.1 Å². The largest absolute Gasteiger partial charge is 0.378 e. The predicted octanol–water partition coefficient (Wildman–Crippen LogP) is 0.919. The first-order chi connectivity index (χ1) is 8.29. The van der Waals surface area contributed by atoms with E-state index < -0.39 is 0 Å². The molecule has 0 radical (unpaired) electrons. The lowest BCUT2D eigenvalue weighted by Crippen LogP contribution is -2.37. The number of hydrogen-bond acceptors (Lipinski definition) is 6. The van der Waals surface area contributed by atoms with E-state index in [1.807, 2.05) is 0 Å².